The molecule has 1 rings (SSSR count). The van der Waals surface area contributed by atoms with Crippen LogP contribution < -0.4 is 16.4 Å². The van der Waals surface area contributed by atoms with E-state index >= 15 is 4.39 Å². The van der Waals surface area contributed by atoms with Gasteiger partial charge >= 0.3 is 17.7 Å². The average molecular weight is 483 g/mol. The molecule has 0 radical (unpaired) electrons. The van der Waals surface area contributed by atoms with Crippen LogP contribution in [0.4, 0.5) is 9.18 Å². The van der Waals surface area contributed by atoms with Gasteiger partial charge in [0.1, 0.15) is 17.7 Å². The maximum Gasteiger partial charge on any atom is 0.408 e. The third-order valence-corrected chi connectivity index (χ3v) is 4.48. The summed E-state index contributed by atoms with van der Waals surface area (Å²) >= 11 is 0. The number of hydrogen-bond donors (Lipinski definition) is 3. The van der Waals surface area contributed by atoms with Crippen molar-refractivity contribution in [3.8, 4) is 0 Å². The van der Waals surface area contributed by atoms with E-state index in [9.17, 15) is 24.0 Å². The van der Waals surface area contributed by atoms with E-state index in [0.717, 1.165) is 14.2 Å². The number of halogens is 1. The molecule has 0 unspecified atom stereocenters. The molecule has 1 aromatic rings. The van der Waals surface area contributed by atoms with Crippen LogP contribution >= 0.6 is 0 Å². The lowest BCUT2D eigenvalue weighted by molar-refractivity contribution is -0.169. The number of ether oxygens (including phenoxy) is 2. The van der Waals surface area contributed by atoms with Crippen molar-refractivity contribution in [3.63, 3.8) is 0 Å². The number of methoxy groups -OCH3 is 1. The van der Waals surface area contributed by atoms with E-state index in [1.807, 2.05) is 0 Å². The number of carbonyl (C=O) groups excluding carboxylic acids is 5. The highest BCUT2D eigenvalue weighted by Gasteiger charge is 2.57. The predicted molar refractivity (Wildman–Crippen MR) is 119 cm³/mol. The molecule has 1 aromatic carbocycles. The van der Waals surface area contributed by atoms with Gasteiger partial charge in [-0.05, 0) is 33.3 Å². The predicted octanol–water partition coefficient (Wildman–Crippen LogP) is 0.582. The molecule has 4 amide bonds. The highest BCUT2D eigenvalue weighted by Crippen LogP contribution is 2.33. The second kappa shape index (κ2) is 11.4. The van der Waals surface area contributed by atoms with Gasteiger partial charge < -0.3 is 30.7 Å². The van der Waals surface area contributed by atoms with Crippen LogP contribution in [0.3, 0.4) is 0 Å². The van der Waals surface area contributed by atoms with Gasteiger partial charge in [0.2, 0.25) is 11.8 Å². The molecular weight excluding hydrogens is 451 g/mol. The Hall–Kier alpha value is -3.70. The summed E-state index contributed by atoms with van der Waals surface area (Å²) < 4.78 is 26.0. The molecule has 11 nitrogen and oxygen atoms in total. The quantitative estimate of drug-likeness (QED) is 0.343. The van der Waals surface area contributed by atoms with Crippen molar-refractivity contribution in [1.82, 2.24) is 15.5 Å². The van der Waals surface area contributed by atoms with Crippen LogP contribution in [0.25, 0.3) is 0 Å². The zero-order valence-electron chi connectivity index (χ0n) is 20.0. The second-order valence-electron chi connectivity index (χ2n) is 8.55. The summed E-state index contributed by atoms with van der Waals surface area (Å²) in [6, 6.07) is 4.28. The summed E-state index contributed by atoms with van der Waals surface area (Å²) in [5.74, 6) is -4.93. The van der Waals surface area contributed by atoms with Gasteiger partial charge in [0.05, 0.1) is 13.7 Å². The maximum atomic E-state index is 16.4. The fraction of sp³-hybridized carbons (Fsp3) is 0.500. The van der Waals surface area contributed by atoms with Crippen molar-refractivity contribution in [1.29, 1.82) is 0 Å². The lowest BCUT2D eigenvalue weighted by atomic mass is 9.88. The molecule has 0 fully saturated rings. The minimum Gasteiger partial charge on any atom is -0.466 e. The van der Waals surface area contributed by atoms with Gasteiger partial charge in [-0.2, -0.15) is 0 Å². The van der Waals surface area contributed by atoms with Gasteiger partial charge in [0.15, 0.2) is 0 Å². The van der Waals surface area contributed by atoms with Crippen LogP contribution in [0.2, 0.25) is 0 Å². The van der Waals surface area contributed by atoms with Gasteiger partial charge in [-0.25, -0.2) is 14.0 Å². The van der Waals surface area contributed by atoms with Crippen molar-refractivity contribution in [2.24, 2.45) is 5.73 Å². The fourth-order valence-electron chi connectivity index (χ4n) is 2.94. The number of nitrogens with zero attached hydrogens (tertiary/aromatic N) is 1. The molecule has 0 aliphatic rings. The number of alkyl carbamates (subject to hydrolysis) is 1. The van der Waals surface area contributed by atoms with E-state index in [4.69, 9.17) is 10.5 Å². The zero-order chi connectivity index (χ0) is 26.3. The van der Waals surface area contributed by atoms with E-state index in [1.54, 1.807) is 26.8 Å². The molecule has 3 atom stereocenters. The van der Waals surface area contributed by atoms with Crippen LogP contribution in [0.1, 0.15) is 39.3 Å². The van der Waals surface area contributed by atoms with Crippen LogP contribution in [-0.2, 0) is 28.7 Å². The number of esters is 1. The normalized spacial score (nSPS) is 14.6. The first-order valence-electron chi connectivity index (χ1n) is 10.3. The standard InChI is InChI=1S/C22H31FN4O7/c1-13(25-20(32)34-21(2,3)4)17(29)26-16(14-10-8-7-9-11-14)22(23,19(31)33-6)18(30)27(5)12-15(24)28/h7-11,13,16H,12H2,1-6H3,(H2,24,28)(H,25,32)(H,26,29)/t13-,16-,22+/m0/s1. The number of amides is 4. The second-order valence-corrected chi connectivity index (χ2v) is 8.55. The van der Waals surface area contributed by atoms with Crippen LogP contribution in [0, 0.1) is 0 Å². The molecule has 4 N–H and O–H groups in total. The summed E-state index contributed by atoms with van der Waals surface area (Å²) in [5, 5.41) is 4.59. The van der Waals surface area contributed by atoms with Gasteiger partial charge in [-0.3, -0.25) is 14.4 Å². The lowest BCUT2D eigenvalue weighted by Crippen LogP contribution is -2.60. The molecule has 0 heterocycles. The summed E-state index contributed by atoms with van der Waals surface area (Å²) in [7, 11) is 1.94. The first-order chi connectivity index (χ1) is 15.6. The van der Waals surface area contributed by atoms with Gasteiger partial charge in [0, 0.05) is 7.05 Å². The smallest absolute Gasteiger partial charge is 0.408 e. The maximum absolute atomic E-state index is 16.4. The summed E-state index contributed by atoms with van der Waals surface area (Å²) in [6.45, 7) is 5.51. The Kier molecular flexibility index (Phi) is 9.53. The Morgan fingerprint density at radius 1 is 1.09 bits per heavy atom. The monoisotopic (exact) mass is 482 g/mol. The Labute approximate surface area is 197 Å². The van der Waals surface area contributed by atoms with Crippen LogP contribution in [0.5, 0.6) is 0 Å². The first kappa shape index (κ1) is 28.3. The minimum atomic E-state index is -3.47. The Bertz CT molecular complexity index is 920. The molecule has 12 heteroatoms. The number of nitrogens with one attached hydrogen (secondary N) is 2. The van der Waals surface area contributed by atoms with E-state index in [-0.39, 0.29) is 5.56 Å². The van der Waals surface area contributed by atoms with E-state index in [0.29, 0.717) is 4.90 Å². The molecule has 0 saturated carbocycles. The molecule has 0 bridgehead atoms. The van der Waals surface area contributed by atoms with E-state index in [2.05, 4.69) is 15.4 Å². The largest absolute Gasteiger partial charge is 0.466 e. The summed E-state index contributed by atoms with van der Waals surface area (Å²) in [6.07, 6.45) is -0.900. The number of rotatable bonds is 9. The fourth-order valence-corrected chi connectivity index (χ4v) is 2.94. The highest BCUT2D eigenvalue weighted by molar-refractivity contribution is 6.08. The first-order valence-corrected chi connectivity index (χ1v) is 10.3. The van der Waals surface area contributed by atoms with Gasteiger partial charge in [0.25, 0.3) is 5.91 Å². The molecule has 0 aromatic heterocycles. The van der Waals surface area contributed by atoms with Crippen molar-refractivity contribution >= 4 is 29.8 Å². The van der Waals surface area contributed by atoms with Crippen molar-refractivity contribution < 1.29 is 37.8 Å². The van der Waals surface area contributed by atoms with Crippen LogP contribution in [-0.4, -0.2) is 72.7 Å². The Morgan fingerprint density at radius 2 is 1.65 bits per heavy atom. The highest BCUT2D eigenvalue weighted by atomic mass is 19.1. The number of hydrogen-bond acceptors (Lipinski definition) is 7. The molecule has 188 valence electrons. The number of benzene rings is 1. The average Bonchev–Trinajstić information content (AvgIpc) is 2.74. The summed E-state index contributed by atoms with van der Waals surface area (Å²) in [4.78, 5) is 62.3. The Morgan fingerprint density at radius 3 is 2.12 bits per heavy atom. The molecular formula is C22H31FN4O7. The van der Waals surface area contributed by atoms with Crippen LogP contribution in [0.15, 0.2) is 30.3 Å². The molecule has 34 heavy (non-hydrogen) atoms. The number of alkyl halides is 1. The van der Waals surface area contributed by atoms with Gasteiger partial charge in [-0.15, -0.1) is 0 Å². The zero-order valence-corrected chi connectivity index (χ0v) is 20.0. The number of primary amides is 1. The minimum absolute atomic E-state index is 0.0500. The number of carbonyl (C=O) groups is 5. The van der Waals surface area contributed by atoms with Crippen molar-refractivity contribution in [2.75, 3.05) is 20.7 Å². The van der Waals surface area contributed by atoms with E-state index < -0.39 is 59.7 Å². The summed E-state index contributed by atoms with van der Waals surface area (Å²) in [5.41, 5.74) is 0.837. The SMILES string of the molecule is COC(=O)[C@](F)(C(=O)N(C)CC(N)=O)[C@@H](NC(=O)[C@H](C)NC(=O)OC(C)(C)C)c1ccccc1. The molecule has 0 saturated heterocycles. The number of likely N-dealkylation sites (N-methyl/N-ethyl adjacent to an activating group) is 1. The molecule has 0 aliphatic heterocycles. The number of nitrogens with two attached hydrogens (primary N) is 1. The third kappa shape index (κ3) is 7.42. The van der Waals surface area contributed by atoms with Crippen molar-refractivity contribution in [2.45, 2.75) is 51.0 Å². The Balaban J connectivity index is 3.37. The molecule has 0 aliphatic carbocycles. The third-order valence-electron chi connectivity index (χ3n) is 4.48. The van der Waals surface area contributed by atoms with E-state index in [1.165, 1.54) is 31.2 Å². The van der Waals surface area contributed by atoms with Gasteiger partial charge in [-0.1, -0.05) is 30.3 Å². The topological polar surface area (TPSA) is 157 Å². The molecule has 0 spiro atoms. The lowest BCUT2D eigenvalue weighted by Gasteiger charge is -2.34. The van der Waals surface area contributed by atoms with Crippen molar-refractivity contribution in [3.05, 3.63) is 35.9 Å².